The average molecular weight is 223 g/mol. The van der Waals surface area contributed by atoms with Crippen molar-refractivity contribution in [3.05, 3.63) is 10.8 Å². The summed E-state index contributed by atoms with van der Waals surface area (Å²) in [6, 6.07) is 0.574. The molecule has 0 aromatic carbocycles. The van der Waals surface area contributed by atoms with Crippen LogP contribution < -0.4 is 10.6 Å². The van der Waals surface area contributed by atoms with Crippen LogP contribution in [0, 0.1) is 0 Å². The van der Waals surface area contributed by atoms with Gasteiger partial charge in [0, 0.05) is 23.8 Å². The van der Waals surface area contributed by atoms with E-state index < -0.39 is 0 Å². The van der Waals surface area contributed by atoms with Gasteiger partial charge in [-0.1, -0.05) is 0 Å². The molecule has 1 atom stereocenters. The van der Waals surface area contributed by atoms with Crippen LogP contribution in [0.5, 0.6) is 0 Å². The number of likely N-dealkylation sites (tertiary alicyclic amines) is 1. The molecule has 15 heavy (non-hydrogen) atoms. The van der Waals surface area contributed by atoms with Crippen LogP contribution in [0.15, 0.2) is 10.8 Å². The largest absolute Gasteiger partial charge is 0.381 e. The predicted octanol–water partition coefficient (Wildman–Crippen LogP) is 2.05. The lowest BCUT2D eigenvalue weighted by Gasteiger charge is -2.29. The summed E-state index contributed by atoms with van der Waals surface area (Å²) in [4.78, 5) is 2.57. The van der Waals surface area contributed by atoms with Gasteiger partial charge in [0.05, 0.1) is 17.4 Å². The van der Waals surface area contributed by atoms with E-state index in [1.807, 2.05) is 0 Å². The number of hydrogen-bond acceptors (Lipinski definition) is 4. The van der Waals surface area contributed by atoms with Gasteiger partial charge in [-0.05, 0) is 25.9 Å². The third kappa shape index (κ3) is 1.96. The van der Waals surface area contributed by atoms with E-state index in [2.05, 4.69) is 26.3 Å². The molecule has 2 aliphatic heterocycles. The van der Waals surface area contributed by atoms with Gasteiger partial charge >= 0.3 is 0 Å². The Morgan fingerprint density at radius 2 is 2.07 bits per heavy atom. The standard InChI is InChI=1S/C11H17N3S/c1-2-4-14(3-1)6-9-5-12-10-7-15-8-11(10)13-9/h7-9,12-13H,1-6H2. The maximum Gasteiger partial charge on any atom is 0.0688 e. The van der Waals surface area contributed by atoms with Gasteiger partial charge in [0.2, 0.25) is 0 Å². The summed E-state index contributed by atoms with van der Waals surface area (Å²) in [6.07, 6.45) is 2.76. The van der Waals surface area contributed by atoms with Crippen LogP contribution in [0.2, 0.25) is 0 Å². The zero-order valence-corrected chi connectivity index (χ0v) is 9.65. The number of nitrogens with zero attached hydrogens (tertiary/aromatic N) is 1. The Hall–Kier alpha value is -0.740. The molecule has 0 bridgehead atoms. The molecule has 2 N–H and O–H groups in total. The lowest BCUT2D eigenvalue weighted by atomic mass is 10.2. The van der Waals surface area contributed by atoms with Crippen molar-refractivity contribution < 1.29 is 0 Å². The first-order valence-electron chi connectivity index (χ1n) is 5.71. The molecular weight excluding hydrogens is 206 g/mol. The Labute approximate surface area is 94.5 Å². The number of anilines is 2. The monoisotopic (exact) mass is 223 g/mol. The molecular formula is C11H17N3S. The Morgan fingerprint density at radius 1 is 1.27 bits per heavy atom. The molecule has 3 heterocycles. The SMILES string of the molecule is c1scc2c1NCC(CN1CCCC1)N2. The van der Waals surface area contributed by atoms with Crippen LogP contribution in [0.4, 0.5) is 11.4 Å². The third-order valence-corrected chi connectivity index (χ3v) is 3.98. The molecule has 1 aromatic heterocycles. The van der Waals surface area contributed by atoms with Gasteiger partial charge in [0.1, 0.15) is 0 Å². The van der Waals surface area contributed by atoms with E-state index in [-0.39, 0.29) is 0 Å². The Balaban J connectivity index is 1.61. The molecule has 1 unspecified atom stereocenters. The van der Waals surface area contributed by atoms with Gasteiger partial charge in [0.15, 0.2) is 0 Å². The highest BCUT2D eigenvalue weighted by atomic mass is 32.1. The second kappa shape index (κ2) is 4.02. The van der Waals surface area contributed by atoms with Crippen molar-refractivity contribution in [2.75, 3.05) is 36.8 Å². The molecule has 3 nitrogen and oxygen atoms in total. The minimum atomic E-state index is 0.574. The van der Waals surface area contributed by atoms with Gasteiger partial charge in [-0.25, -0.2) is 0 Å². The van der Waals surface area contributed by atoms with Crippen LogP contribution >= 0.6 is 11.3 Å². The van der Waals surface area contributed by atoms with Crippen molar-refractivity contribution in [3.8, 4) is 0 Å². The average Bonchev–Trinajstić information content (AvgIpc) is 2.87. The van der Waals surface area contributed by atoms with E-state index in [1.54, 1.807) is 11.3 Å². The number of nitrogens with one attached hydrogen (secondary N) is 2. The molecule has 82 valence electrons. The maximum absolute atomic E-state index is 3.61. The zero-order chi connectivity index (χ0) is 10.1. The van der Waals surface area contributed by atoms with Gasteiger partial charge in [0.25, 0.3) is 0 Å². The van der Waals surface area contributed by atoms with Crippen molar-refractivity contribution in [2.24, 2.45) is 0 Å². The summed E-state index contributed by atoms with van der Waals surface area (Å²) < 4.78 is 0. The number of rotatable bonds is 2. The first kappa shape index (κ1) is 9.48. The van der Waals surface area contributed by atoms with Crippen LogP contribution in [-0.4, -0.2) is 37.1 Å². The zero-order valence-electron chi connectivity index (χ0n) is 8.83. The highest BCUT2D eigenvalue weighted by molar-refractivity contribution is 7.09. The fourth-order valence-corrected chi connectivity index (χ4v) is 3.18. The molecule has 0 saturated carbocycles. The lowest BCUT2D eigenvalue weighted by molar-refractivity contribution is 0.324. The van der Waals surface area contributed by atoms with E-state index in [1.165, 1.54) is 43.9 Å². The van der Waals surface area contributed by atoms with E-state index in [0.29, 0.717) is 6.04 Å². The lowest BCUT2D eigenvalue weighted by Crippen LogP contribution is -2.41. The van der Waals surface area contributed by atoms with Crippen LogP contribution in [0.25, 0.3) is 0 Å². The van der Waals surface area contributed by atoms with Crippen molar-refractivity contribution in [1.29, 1.82) is 0 Å². The fourth-order valence-electron chi connectivity index (χ4n) is 2.44. The molecule has 4 heteroatoms. The second-order valence-corrected chi connectivity index (χ2v) is 5.17. The number of fused-ring (bicyclic) bond motifs is 1. The summed E-state index contributed by atoms with van der Waals surface area (Å²) in [5.41, 5.74) is 2.56. The molecule has 0 radical (unpaired) electrons. The van der Waals surface area contributed by atoms with E-state index in [4.69, 9.17) is 0 Å². The summed E-state index contributed by atoms with van der Waals surface area (Å²) in [7, 11) is 0. The molecule has 1 fully saturated rings. The number of thiophene rings is 1. The fraction of sp³-hybridized carbons (Fsp3) is 0.636. The third-order valence-electron chi connectivity index (χ3n) is 3.24. The van der Waals surface area contributed by atoms with E-state index in [9.17, 15) is 0 Å². The van der Waals surface area contributed by atoms with Crippen molar-refractivity contribution in [2.45, 2.75) is 18.9 Å². The van der Waals surface area contributed by atoms with Gasteiger partial charge < -0.3 is 15.5 Å². The molecule has 3 rings (SSSR count). The van der Waals surface area contributed by atoms with Crippen LogP contribution in [0.3, 0.4) is 0 Å². The number of hydrogen-bond donors (Lipinski definition) is 2. The first-order valence-corrected chi connectivity index (χ1v) is 6.65. The molecule has 2 aliphatic rings. The van der Waals surface area contributed by atoms with Crippen molar-refractivity contribution >= 4 is 22.7 Å². The summed E-state index contributed by atoms with van der Waals surface area (Å²) >= 11 is 1.76. The van der Waals surface area contributed by atoms with E-state index in [0.717, 1.165) is 6.54 Å². The topological polar surface area (TPSA) is 27.3 Å². The van der Waals surface area contributed by atoms with Gasteiger partial charge in [-0.3, -0.25) is 0 Å². The molecule has 0 spiro atoms. The van der Waals surface area contributed by atoms with Gasteiger partial charge in [-0.15, -0.1) is 11.3 Å². The highest BCUT2D eigenvalue weighted by Gasteiger charge is 2.21. The maximum atomic E-state index is 3.61. The minimum absolute atomic E-state index is 0.574. The second-order valence-electron chi connectivity index (χ2n) is 4.43. The molecule has 0 amide bonds. The molecule has 0 aliphatic carbocycles. The van der Waals surface area contributed by atoms with Gasteiger partial charge in [-0.2, -0.15) is 0 Å². The minimum Gasteiger partial charge on any atom is -0.381 e. The predicted molar refractivity (Wildman–Crippen MR) is 65.9 cm³/mol. The van der Waals surface area contributed by atoms with Crippen LogP contribution in [-0.2, 0) is 0 Å². The Morgan fingerprint density at radius 3 is 2.93 bits per heavy atom. The summed E-state index contributed by atoms with van der Waals surface area (Å²) in [6.45, 7) is 4.81. The van der Waals surface area contributed by atoms with Crippen molar-refractivity contribution in [3.63, 3.8) is 0 Å². The normalized spacial score (nSPS) is 25.7. The highest BCUT2D eigenvalue weighted by Crippen LogP contribution is 2.30. The van der Waals surface area contributed by atoms with Crippen LogP contribution in [0.1, 0.15) is 12.8 Å². The Bertz CT molecular complexity index is 330. The summed E-state index contributed by atoms with van der Waals surface area (Å²) in [5, 5.41) is 11.5. The molecule has 1 saturated heterocycles. The summed E-state index contributed by atoms with van der Waals surface area (Å²) in [5.74, 6) is 0. The first-order chi connectivity index (χ1) is 7.42. The smallest absolute Gasteiger partial charge is 0.0688 e. The van der Waals surface area contributed by atoms with Crippen molar-refractivity contribution in [1.82, 2.24) is 4.90 Å². The molecule has 1 aromatic rings. The van der Waals surface area contributed by atoms with E-state index >= 15 is 0 Å². The Kier molecular flexibility index (Phi) is 2.54. The quantitative estimate of drug-likeness (QED) is 0.803.